The lowest BCUT2D eigenvalue weighted by Gasteiger charge is -2.27. The minimum Gasteiger partial charge on any atom is -0.481 e. The average Bonchev–Trinajstić information content (AvgIpc) is 2.94. The largest absolute Gasteiger partial charge is 0.481 e. The normalized spacial score (nSPS) is 21.4. The Morgan fingerprint density at radius 1 is 1.26 bits per heavy atom. The van der Waals surface area contributed by atoms with Crippen LogP contribution in [0.3, 0.4) is 0 Å². The van der Waals surface area contributed by atoms with Crippen molar-refractivity contribution in [1.29, 1.82) is 0 Å². The molecular formula is C15H16F3NO3S. The van der Waals surface area contributed by atoms with Gasteiger partial charge in [-0.05, 0) is 18.6 Å². The Kier molecular flexibility index (Phi) is 5.23. The van der Waals surface area contributed by atoms with E-state index in [0.717, 1.165) is 9.80 Å². The van der Waals surface area contributed by atoms with Crippen LogP contribution in [0.2, 0.25) is 0 Å². The molecule has 1 aromatic rings. The molecule has 0 aliphatic carbocycles. The molecule has 0 radical (unpaired) electrons. The number of halogens is 3. The summed E-state index contributed by atoms with van der Waals surface area (Å²) in [6.45, 7) is -0.985. The molecule has 1 aliphatic heterocycles. The lowest BCUT2D eigenvalue weighted by atomic mass is 9.86. The molecule has 0 bridgehead atoms. The van der Waals surface area contributed by atoms with Crippen molar-refractivity contribution in [1.82, 2.24) is 4.90 Å². The molecule has 8 heteroatoms. The number of hydrogen-bond acceptors (Lipinski definition) is 3. The molecule has 1 saturated heterocycles. The molecule has 0 saturated carbocycles. The zero-order valence-corrected chi connectivity index (χ0v) is 13.0. The molecule has 1 unspecified atom stereocenters. The van der Waals surface area contributed by atoms with Crippen LogP contribution in [0.5, 0.6) is 0 Å². The van der Waals surface area contributed by atoms with E-state index >= 15 is 0 Å². The van der Waals surface area contributed by atoms with Crippen molar-refractivity contribution in [3.8, 4) is 0 Å². The number of nitrogens with zero attached hydrogens (tertiary/aromatic N) is 1. The van der Waals surface area contributed by atoms with E-state index in [9.17, 15) is 22.8 Å². The average molecular weight is 347 g/mol. The number of benzene rings is 1. The van der Waals surface area contributed by atoms with Gasteiger partial charge in [0, 0.05) is 30.2 Å². The Bertz CT molecular complexity index is 579. The highest BCUT2D eigenvalue weighted by atomic mass is 32.2. The fourth-order valence-electron chi connectivity index (χ4n) is 2.48. The van der Waals surface area contributed by atoms with E-state index in [1.165, 1.54) is 11.8 Å². The molecule has 1 aliphatic rings. The van der Waals surface area contributed by atoms with Gasteiger partial charge in [-0.15, -0.1) is 11.8 Å². The van der Waals surface area contributed by atoms with Crippen molar-refractivity contribution < 1.29 is 27.9 Å². The maximum Gasteiger partial charge on any atom is 0.406 e. The maximum absolute atomic E-state index is 13.1. The lowest BCUT2D eigenvalue weighted by Crippen LogP contribution is -2.47. The van der Waals surface area contributed by atoms with Gasteiger partial charge in [-0.2, -0.15) is 13.2 Å². The van der Waals surface area contributed by atoms with Crippen LogP contribution in [0.1, 0.15) is 12.8 Å². The van der Waals surface area contributed by atoms with Crippen molar-refractivity contribution >= 4 is 23.6 Å². The smallest absolute Gasteiger partial charge is 0.406 e. The zero-order chi connectivity index (χ0) is 17.1. The summed E-state index contributed by atoms with van der Waals surface area (Å²) >= 11 is 1.43. The van der Waals surface area contributed by atoms with Gasteiger partial charge in [0.15, 0.2) is 5.41 Å². The second kappa shape index (κ2) is 6.82. The highest BCUT2D eigenvalue weighted by Gasteiger charge is 2.64. The summed E-state index contributed by atoms with van der Waals surface area (Å²) in [4.78, 5) is 25.1. The molecule has 126 valence electrons. The zero-order valence-electron chi connectivity index (χ0n) is 12.2. The van der Waals surface area contributed by atoms with Crippen molar-refractivity contribution in [3.05, 3.63) is 30.3 Å². The van der Waals surface area contributed by atoms with Gasteiger partial charge in [0.05, 0.1) is 0 Å². The summed E-state index contributed by atoms with van der Waals surface area (Å²) in [6, 6.07) is 9.33. The van der Waals surface area contributed by atoms with Crippen LogP contribution in [-0.2, 0) is 9.59 Å². The van der Waals surface area contributed by atoms with Crippen LogP contribution < -0.4 is 0 Å². The van der Waals surface area contributed by atoms with E-state index in [1.54, 1.807) is 0 Å². The van der Waals surface area contributed by atoms with Crippen LogP contribution in [0.15, 0.2) is 35.2 Å². The first kappa shape index (κ1) is 17.7. The number of likely N-dealkylation sites (tertiary alicyclic amines) is 1. The molecule has 1 heterocycles. The maximum atomic E-state index is 13.1. The van der Waals surface area contributed by atoms with Crippen LogP contribution in [0, 0.1) is 5.41 Å². The Balaban J connectivity index is 1.90. The van der Waals surface area contributed by atoms with Gasteiger partial charge in [-0.1, -0.05) is 18.2 Å². The highest BCUT2D eigenvalue weighted by molar-refractivity contribution is 7.99. The number of amides is 1. The monoisotopic (exact) mass is 347 g/mol. The fraction of sp³-hybridized carbons (Fsp3) is 0.467. The first-order valence-corrected chi connectivity index (χ1v) is 8.00. The second-order valence-electron chi connectivity index (χ2n) is 5.36. The van der Waals surface area contributed by atoms with Gasteiger partial charge in [0.1, 0.15) is 0 Å². The molecule has 4 nitrogen and oxygen atoms in total. The number of hydrogen-bond donors (Lipinski definition) is 1. The van der Waals surface area contributed by atoms with Crippen LogP contribution in [0.25, 0.3) is 0 Å². The number of alkyl halides is 3. The second-order valence-corrected chi connectivity index (χ2v) is 6.53. The van der Waals surface area contributed by atoms with Gasteiger partial charge in [0.2, 0.25) is 5.91 Å². The van der Waals surface area contributed by atoms with Crippen molar-refractivity contribution in [2.24, 2.45) is 5.41 Å². The summed E-state index contributed by atoms with van der Waals surface area (Å²) in [5.74, 6) is -1.93. The number of carboxylic acids is 1. The van der Waals surface area contributed by atoms with E-state index in [-0.39, 0.29) is 13.0 Å². The molecule has 23 heavy (non-hydrogen) atoms. The first-order chi connectivity index (χ1) is 10.8. The topological polar surface area (TPSA) is 57.6 Å². The molecule has 1 amide bonds. The summed E-state index contributed by atoms with van der Waals surface area (Å²) in [5, 5.41) is 8.96. The molecule has 1 aromatic carbocycles. The number of thioether (sulfide) groups is 1. The van der Waals surface area contributed by atoms with Crippen LogP contribution in [0.4, 0.5) is 13.2 Å². The quantitative estimate of drug-likeness (QED) is 0.832. The molecule has 1 N–H and O–H groups in total. The van der Waals surface area contributed by atoms with E-state index in [2.05, 4.69) is 0 Å². The summed E-state index contributed by atoms with van der Waals surface area (Å²) in [6.07, 6.45) is -5.39. The van der Waals surface area contributed by atoms with Gasteiger partial charge >= 0.3 is 12.1 Å². The molecule has 0 aromatic heterocycles. The number of aliphatic carboxylic acids is 1. The summed E-state index contributed by atoms with van der Waals surface area (Å²) in [7, 11) is 0. The molecule has 0 spiro atoms. The Hall–Kier alpha value is -1.70. The Morgan fingerprint density at radius 2 is 1.91 bits per heavy atom. The predicted molar refractivity (Wildman–Crippen MR) is 79.1 cm³/mol. The van der Waals surface area contributed by atoms with E-state index in [4.69, 9.17) is 5.11 Å². The first-order valence-electron chi connectivity index (χ1n) is 7.02. The number of rotatable bonds is 5. The third kappa shape index (κ3) is 3.80. The van der Waals surface area contributed by atoms with Crippen molar-refractivity contribution in [2.45, 2.75) is 23.9 Å². The number of carboxylic acid groups (broad SMARTS) is 1. The molecule has 2 rings (SSSR count). The lowest BCUT2D eigenvalue weighted by molar-refractivity contribution is -0.227. The highest BCUT2D eigenvalue weighted by Crippen LogP contribution is 2.45. The summed E-state index contributed by atoms with van der Waals surface area (Å²) < 4.78 is 39.2. The van der Waals surface area contributed by atoms with Crippen LogP contribution in [-0.4, -0.2) is 46.9 Å². The SMILES string of the molecule is O=C(CCSc1ccccc1)N1CCC(C(=O)O)(C(F)(F)F)C1. The predicted octanol–water partition coefficient (Wildman–Crippen LogP) is 3.03. The Morgan fingerprint density at radius 3 is 2.43 bits per heavy atom. The third-order valence-corrected chi connectivity index (χ3v) is 4.92. The van der Waals surface area contributed by atoms with Gasteiger partial charge in [0.25, 0.3) is 0 Å². The molecule has 1 fully saturated rings. The minimum atomic E-state index is -4.87. The van der Waals surface area contributed by atoms with Gasteiger partial charge < -0.3 is 10.0 Å². The van der Waals surface area contributed by atoms with Gasteiger partial charge in [-0.3, -0.25) is 9.59 Å². The fourth-order valence-corrected chi connectivity index (χ4v) is 3.34. The molecule has 1 atom stereocenters. The standard InChI is InChI=1S/C15H16F3NO3S/c16-15(17,18)14(13(21)22)7-8-19(10-14)12(20)6-9-23-11-4-2-1-3-5-11/h1-5H,6-10H2,(H,21,22). The van der Waals surface area contributed by atoms with Crippen LogP contribution >= 0.6 is 11.8 Å². The van der Waals surface area contributed by atoms with E-state index in [0.29, 0.717) is 5.75 Å². The van der Waals surface area contributed by atoms with E-state index in [1.807, 2.05) is 30.3 Å². The Labute approximate surface area is 135 Å². The molecular weight excluding hydrogens is 331 g/mol. The van der Waals surface area contributed by atoms with E-state index < -0.39 is 36.4 Å². The number of carbonyl (C=O) groups is 2. The van der Waals surface area contributed by atoms with Crippen molar-refractivity contribution in [3.63, 3.8) is 0 Å². The minimum absolute atomic E-state index is 0.0765. The third-order valence-electron chi connectivity index (χ3n) is 3.90. The van der Waals surface area contributed by atoms with Crippen molar-refractivity contribution in [2.75, 3.05) is 18.8 Å². The summed E-state index contributed by atoms with van der Waals surface area (Å²) in [5.41, 5.74) is -2.84. The number of carbonyl (C=O) groups excluding carboxylic acids is 1. The van der Waals surface area contributed by atoms with Gasteiger partial charge in [-0.25, -0.2) is 0 Å².